The van der Waals surface area contributed by atoms with E-state index in [1.54, 1.807) is 12.1 Å². The van der Waals surface area contributed by atoms with Gasteiger partial charge in [-0.1, -0.05) is 29.8 Å². The SMILES string of the molecule is CCN(CC)c1ccc(/C=N\NC(=O)CN(C)S(=O)(=O)c2ccc(C)cc2)cc1. The maximum atomic E-state index is 12.5. The highest BCUT2D eigenvalue weighted by Gasteiger charge is 2.22. The van der Waals surface area contributed by atoms with Crippen molar-refractivity contribution in [3.8, 4) is 0 Å². The Morgan fingerprint density at radius 3 is 2.17 bits per heavy atom. The van der Waals surface area contributed by atoms with Gasteiger partial charge in [-0.15, -0.1) is 0 Å². The van der Waals surface area contributed by atoms with Crippen LogP contribution in [0.3, 0.4) is 0 Å². The van der Waals surface area contributed by atoms with Crippen LogP contribution in [-0.4, -0.2) is 51.5 Å². The smallest absolute Gasteiger partial charge is 0.255 e. The Kier molecular flexibility index (Phi) is 7.92. The Bertz CT molecular complexity index is 935. The molecular weight excluding hydrogens is 388 g/mol. The molecule has 0 aliphatic heterocycles. The molecule has 7 nitrogen and oxygen atoms in total. The fourth-order valence-electron chi connectivity index (χ4n) is 2.75. The van der Waals surface area contributed by atoms with E-state index in [0.717, 1.165) is 34.2 Å². The van der Waals surface area contributed by atoms with Crippen LogP contribution in [0.15, 0.2) is 58.5 Å². The number of nitrogens with zero attached hydrogens (tertiary/aromatic N) is 3. The number of hydrogen-bond acceptors (Lipinski definition) is 5. The van der Waals surface area contributed by atoms with Gasteiger partial charge in [-0.3, -0.25) is 4.79 Å². The molecule has 0 aromatic heterocycles. The predicted octanol–water partition coefficient (Wildman–Crippen LogP) is 2.61. The quantitative estimate of drug-likeness (QED) is 0.503. The number of amides is 1. The van der Waals surface area contributed by atoms with Gasteiger partial charge in [0.2, 0.25) is 10.0 Å². The van der Waals surface area contributed by atoms with E-state index in [0.29, 0.717) is 0 Å². The lowest BCUT2D eigenvalue weighted by atomic mass is 10.2. The van der Waals surface area contributed by atoms with E-state index < -0.39 is 15.9 Å². The van der Waals surface area contributed by atoms with Gasteiger partial charge in [0, 0.05) is 25.8 Å². The molecule has 0 aliphatic rings. The van der Waals surface area contributed by atoms with Crippen LogP contribution in [0.2, 0.25) is 0 Å². The molecular formula is C21H28N4O3S. The van der Waals surface area contributed by atoms with Crippen molar-refractivity contribution in [1.29, 1.82) is 0 Å². The molecule has 2 rings (SSSR count). The molecule has 0 spiro atoms. The Morgan fingerprint density at radius 1 is 1.03 bits per heavy atom. The molecule has 156 valence electrons. The Morgan fingerprint density at radius 2 is 1.62 bits per heavy atom. The number of benzene rings is 2. The molecule has 0 heterocycles. The summed E-state index contributed by atoms with van der Waals surface area (Å²) in [6.45, 7) is 7.62. The molecule has 29 heavy (non-hydrogen) atoms. The number of rotatable bonds is 9. The molecule has 0 atom stereocenters. The van der Waals surface area contributed by atoms with Gasteiger partial charge in [0.25, 0.3) is 5.91 Å². The van der Waals surface area contributed by atoms with Gasteiger partial charge >= 0.3 is 0 Å². The van der Waals surface area contributed by atoms with Crippen molar-refractivity contribution in [3.63, 3.8) is 0 Å². The fraction of sp³-hybridized carbons (Fsp3) is 0.333. The van der Waals surface area contributed by atoms with E-state index >= 15 is 0 Å². The summed E-state index contributed by atoms with van der Waals surface area (Å²) in [6, 6.07) is 14.3. The lowest BCUT2D eigenvalue weighted by Crippen LogP contribution is -2.36. The van der Waals surface area contributed by atoms with Crippen LogP contribution < -0.4 is 10.3 Å². The number of hydrogen-bond donors (Lipinski definition) is 1. The van der Waals surface area contributed by atoms with E-state index in [9.17, 15) is 13.2 Å². The monoisotopic (exact) mass is 416 g/mol. The molecule has 2 aromatic carbocycles. The minimum absolute atomic E-state index is 0.148. The van der Waals surface area contributed by atoms with Crippen LogP contribution in [0.5, 0.6) is 0 Å². The second-order valence-corrected chi connectivity index (χ2v) is 8.68. The summed E-state index contributed by atoms with van der Waals surface area (Å²) in [5.41, 5.74) is 5.29. The van der Waals surface area contributed by atoms with Crippen molar-refractivity contribution in [1.82, 2.24) is 9.73 Å². The van der Waals surface area contributed by atoms with Crippen molar-refractivity contribution in [3.05, 3.63) is 59.7 Å². The molecule has 0 bridgehead atoms. The highest BCUT2D eigenvalue weighted by molar-refractivity contribution is 7.89. The summed E-state index contributed by atoms with van der Waals surface area (Å²) in [7, 11) is -2.36. The highest BCUT2D eigenvalue weighted by Crippen LogP contribution is 2.15. The average molecular weight is 417 g/mol. The Balaban J connectivity index is 1.92. The molecule has 0 aliphatic carbocycles. The molecule has 0 saturated carbocycles. The van der Waals surface area contributed by atoms with E-state index in [1.165, 1.54) is 25.4 Å². The summed E-state index contributed by atoms with van der Waals surface area (Å²) >= 11 is 0. The van der Waals surface area contributed by atoms with Gasteiger partial charge in [0.1, 0.15) is 0 Å². The minimum atomic E-state index is -3.73. The second kappa shape index (κ2) is 10.2. The first-order chi connectivity index (χ1) is 13.8. The van der Waals surface area contributed by atoms with Crippen molar-refractivity contribution in [2.75, 3.05) is 31.6 Å². The number of carbonyl (C=O) groups excluding carboxylic acids is 1. The Hall–Kier alpha value is -2.71. The number of carbonyl (C=O) groups is 1. The topological polar surface area (TPSA) is 82.1 Å². The van der Waals surface area contributed by atoms with Gasteiger partial charge in [0.15, 0.2) is 0 Å². The maximum absolute atomic E-state index is 12.5. The van der Waals surface area contributed by atoms with E-state index in [1.807, 2.05) is 31.2 Å². The standard InChI is InChI=1S/C21H28N4O3S/c1-5-25(6-2)19-11-9-18(10-12-19)15-22-23-21(26)16-24(4)29(27,28)20-13-7-17(3)8-14-20/h7-15H,5-6,16H2,1-4H3,(H,23,26)/b22-15-. The van der Waals surface area contributed by atoms with Crippen LogP contribution in [0.25, 0.3) is 0 Å². The normalized spacial score (nSPS) is 11.8. The minimum Gasteiger partial charge on any atom is -0.372 e. The number of sulfonamides is 1. The van der Waals surface area contributed by atoms with Crippen LogP contribution in [0.4, 0.5) is 5.69 Å². The van der Waals surface area contributed by atoms with Gasteiger partial charge in [-0.05, 0) is 50.6 Å². The van der Waals surface area contributed by atoms with E-state index in [2.05, 4.69) is 29.3 Å². The lowest BCUT2D eigenvalue weighted by molar-refractivity contribution is -0.121. The third kappa shape index (κ3) is 6.13. The summed E-state index contributed by atoms with van der Waals surface area (Å²) in [5.74, 6) is -0.515. The second-order valence-electron chi connectivity index (χ2n) is 6.63. The fourth-order valence-corrected chi connectivity index (χ4v) is 3.88. The van der Waals surface area contributed by atoms with Crippen LogP contribution in [0, 0.1) is 6.92 Å². The third-order valence-corrected chi connectivity index (χ3v) is 6.34. The number of nitrogens with one attached hydrogen (secondary N) is 1. The van der Waals surface area contributed by atoms with Gasteiger partial charge in [-0.2, -0.15) is 9.41 Å². The van der Waals surface area contributed by atoms with E-state index in [4.69, 9.17) is 0 Å². The van der Waals surface area contributed by atoms with Crippen molar-refractivity contribution >= 4 is 27.8 Å². The summed E-state index contributed by atoms with van der Waals surface area (Å²) < 4.78 is 26.0. The molecule has 1 amide bonds. The largest absolute Gasteiger partial charge is 0.372 e. The van der Waals surface area contributed by atoms with Crippen molar-refractivity contribution < 1.29 is 13.2 Å². The summed E-state index contributed by atoms with van der Waals surface area (Å²) in [5, 5.41) is 3.92. The number of aryl methyl sites for hydroxylation is 1. The molecule has 0 fully saturated rings. The molecule has 0 saturated heterocycles. The first-order valence-electron chi connectivity index (χ1n) is 9.47. The van der Waals surface area contributed by atoms with Gasteiger partial charge in [-0.25, -0.2) is 13.8 Å². The number of likely N-dealkylation sites (N-methyl/N-ethyl adjacent to an activating group) is 1. The zero-order chi connectivity index (χ0) is 21.4. The molecule has 0 radical (unpaired) electrons. The zero-order valence-corrected chi connectivity index (χ0v) is 18.1. The first kappa shape index (κ1) is 22.6. The predicted molar refractivity (Wildman–Crippen MR) is 117 cm³/mol. The zero-order valence-electron chi connectivity index (χ0n) is 17.3. The number of hydrazone groups is 1. The highest BCUT2D eigenvalue weighted by atomic mass is 32.2. The Labute approximate surface area is 173 Å². The average Bonchev–Trinajstić information content (AvgIpc) is 2.70. The number of anilines is 1. The summed E-state index contributed by atoms with van der Waals surface area (Å²) in [4.78, 5) is 14.4. The van der Waals surface area contributed by atoms with Crippen LogP contribution >= 0.6 is 0 Å². The van der Waals surface area contributed by atoms with Crippen molar-refractivity contribution in [2.45, 2.75) is 25.7 Å². The first-order valence-corrected chi connectivity index (χ1v) is 10.9. The van der Waals surface area contributed by atoms with Gasteiger partial charge in [0.05, 0.1) is 17.7 Å². The third-order valence-electron chi connectivity index (χ3n) is 4.52. The molecule has 1 N–H and O–H groups in total. The van der Waals surface area contributed by atoms with Crippen LogP contribution in [-0.2, 0) is 14.8 Å². The lowest BCUT2D eigenvalue weighted by Gasteiger charge is -2.20. The maximum Gasteiger partial charge on any atom is 0.255 e. The molecule has 2 aromatic rings. The van der Waals surface area contributed by atoms with E-state index in [-0.39, 0.29) is 11.4 Å². The molecule has 0 unspecified atom stereocenters. The summed E-state index contributed by atoms with van der Waals surface area (Å²) in [6.07, 6.45) is 1.53. The van der Waals surface area contributed by atoms with Crippen LogP contribution in [0.1, 0.15) is 25.0 Å². The van der Waals surface area contributed by atoms with Gasteiger partial charge < -0.3 is 4.90 Å². The molecule has 8 heteroatoms. The van der Waals surface area contributed by atoms with Crippen molar-refractivity contribution in [2.24, 2.45) is 5.10 Å².